The van der Waals surface area contributed by atoms with Gasteiger partial charge >= 0.3 is 0 Å². The Kier molecular flexibility index (Phi) is 4.33. The molecule has 1 fully saturated rings. The molecule has 4 heteroatoms. The Bertz CT molecular complexity index is 281. The van der Waals surface area contributed by atoms with Gasteiger partial charge in [-0.25, -0.2) is 0 Å². The third-order valence-electron chi connectivity index (χ3n) is 2.96. The van der Waals surface area contributed by atoms with E-state index in [1.54, 1.807) is 0 Å². The van der Waals surface area contributed by atoms with Gasteiger partial charge in [0.05, 0.1) is 24.9 Å². The van der Waals surface area contributed by atoms with Crippen LogP contribution in [0.4, 0.5) is 0 Å². The van der Waals surface area contributed by atoms with E-state index in [-0.39, 0.29) is 29.5 Å². The van der Waals surface area contributed by atoms with E-state index in [1.807, 2.05) is 34.6 Å². The maximum Gasteiger partial charge on any atom is 0.152 e. The molecule has 1 atom stereocenters. The van der Waals surface area contributed by atoms with Crippen LogP contribution in [0, 0.1) is 5.41 Å². The fourth-order valence-electron chi connectivity index (χ4n) is 2.07. The van der Waals surface area contributed by atoms with Crippen molar-refractivity contribution in [3.05, 3.63) is 0 Å². The van der Waals surface area contributed by atoms with Crippen LogP contribution in [0.5, 0.6) is 0 Å². The fourth-order valence-corrected chi connectivity index (χ4v) is 2.07. The summed E-state index contributed by atoms with van der Waals surface area (Å²) in [6.07, 6.45) is -0.188. The van der Waals surface area contributed by atoms with E-state index in [2.05, 4.69) is 4.90 Å². The number of hydrogen-bond donors (Lipinski definition) is 1. The number of carbonyl (C=O) groups excluding carboxylic acids is 1. The summed E-state index contributed by atoms with van der Waals surface area (Å²) in [5.41, 5.74) is -0.610. The van der Waals surface area contributed by atoms with Gasteiger partial charge in [0.1, 0.15) is 0 Å². The van der Waals surface area contributed by atoms with Crippen LogP contribution in [0.15, 0.2) is 0 Å². The minimum Gasteiger partial charge on any atom is -0.394 e. The molecule has 0 aromatic carbocycles. The molecule has 0 amide bonds. The Balaban J connectivity index is 2.62. The standard InChI is InChI=1S/C13H25NO3/c1-12(2,3)11(16)7-14-6-10(8-15)17-13(4,5)9-14/h10,15H,6-9H2,1-5H3. The summed E-state index contributed by atoms with van der Waals surface area (Å²) >= 11 is 0. The van der Waals surface area contributed by atoms with Crippen molar-refractivity contribution in [3.63, 3.8) is 0 Å². The molecular formula is C13H25NO3. The third kappa shape index (κ3) is 4.37. The number of hydrogen-bond acceptors (Lipinski definition) is 4. The summed E-state index contributed by atoms with van der Waals surface area (Å²) in [4.78, 5) is 14.1. The Hall–Kier alpha value is -0.450. The number of morpholine rings is 1. The summed E-state index contributed by atoms with van der Waals surface area (Å²) in [6.45, 7) is 11.6. The first-order valence-electron chi connectivity index (χ1n) is 6.18. The summed E-state index contributed by atoms with van der Waals surface area (Å²) in [5.74, 6) is 0.229. The van der Waals surface area contributed by atoms with Crippen LogP contribution in [0.1, 0.15) is 34.6 Å². The monoisotopic (exact) mass is 243 g/mol. The Morgan fingerprint density at radius 2 is 2.06 bits per heavy atom. The van der Waals surface area contributed by atoms with Gasteiger partial charge in [-0.3, -0.25) is 9.69 Å². The highest BCUT2D eigenvalue weighted by atomic mass is 16.5. The molecule has 0 saturated carbocycles. The fraction of sp³-hybridized carbons (Fsp3) is 0.923. The van der Waals surface area contributed by atoms with Gasteiger partial charge in [0.25, 0.3) is 0 Å². The van der Waals surface area contributed by atoms with Crippen molar-refractivity contribution in [2.75, 3.05) is 26.2 Å². The third-order valence-corrected chi connectivity index (χ3v) is 2.96. The van der Waals surface area contributed by atoms with E-state index in [9.17, 15) is 9.90 Å². The van der Waals surface area contributed by atoms with Crippen molar-refractivity contribution in [3.8, 4) is 0 Å². The van der Waals surface area contributed by atoms with E-state index in [1.165, 1.54) is 0 Å². The minimum atomic E-state index is -0.308. The van der Waals surface area contributed by atoms with Crippen LogP contribution >= 0.6 is 0 Å². The molecule has 1 N–H and O–H groups in total. The number of ketones is 1. The van der Waals surface area contributed by atoms with Gasteiger partial charge in [0.2, 0.25) is 0 Å². The number of nitrogens with zero attached hydrogens (tertiary/aromatic N) is 1. The van der Waals surface area contributed by atoms with Crippen molar-refractivity contribution in [1.29, 1.82) is 0 Å². The van der Waals surface area contributed by atoms with Crippen LogP contribution in [0.25, 0.3) is 0 Å². The predicted molar refractivity (Wildman–Crippen MR) is 66.9 cm³/mol. The highest BCUT2D eigenvalue weighted by Crippen LogP contribution is 2.22. The lowest BCUT2D eigenvalue weighted by Gasteiger charge is -2.42. The molecule has 1 saturated heterocycles. The molecular weight excluding hydrogens is 218 g/mol. The predicted octanol–water partition coefficient (Wildman–Crippen LogP) is 1.07. The largest absolute Gasteiger partial charge is 0.394 e. The molecule has 1 aliphatic heterocycles. The van der Waals surface area contributed by atoms with E-state index in [0.29, 0.717) is 13.1 Å². The van der Waals surface area contributed by atoms with Gasteiger partial charge in [0, 0.05) is 18.5 Å². The summed E-state index contributed by atoms with van der Waals surface area (Å²) in [6, 6.07) is 0. The smallest absolute Gasteiger partial charge is 0.152 e. The molecule has 0 aromatic heterocycles. The van der Waals surface area contributed by atoms with E-state index in [4.69, 9.17) is 4.74 Å². The molecule has 0 bridgehead atoms. The van der Waals surface area contributed by atoms with Crippen molar-refractivity contribution in [2.24, 2.45) is 5.41 Å². The number of carbonyl (C=O) groups is 1. The normalized spacial score (nSPS) is 25.9. The molecule has 1 unspecified atom stereocenters. The van der Waals surface area contributed by atoms with Gasteiger partial charge < -0.3 is 9.84 Å². The average molecular weight is 243 g/mol. The van der Waals surface area contributed by atoms with Gasteiger partial charge in [-0.1, -0.05) is 20.8 Å². The highest BCUT2D eigenvalue weighted by Gasteiger charge is 2.35. The zero-order valence-electron chi connectivity index (χ0n) is 11.6. The molecule has 4 nitrogen and oxygen atoms in total. The first kappa shape index (κ1) is 14.6. The quantitative estimate of drug-likeness (QED) is 0.805. The van der Waals surface area contributed by atoms with Crippen LogP contribution in [-0.2, 0) is 9.53 Å². The molecule has 1 heterocycles. The topological polar surface area (TPSA) is 49.8 Å². The number of aliphatic hydroxyl groups excluding tert-OH is 1. The van der Waals surface area contributed by atoms with E-state index >= 15 is 0 Å². The first-order chi connectivity index (χ1) is 7.64. The van der Waals surface area contributed by atoms with Crippen LogP contribution in [0.3, 0.4) is 0 Å². The average Bonchev–Trinajstić information content (AvgIpc) is 2.13. The number of rotatable bonds is 3. The van der Waals surface area contributed by atoms with Crippen molar-refractivity contribution in [1.82, 2.24) is 4.90 Å². The highest BCUT2D eigenvalue weighted by molar-refractivity contribution is 5.85. The van der Waals surface area contributed by atoms with E-state index in [0.717, 1.165) is 6.54 Å². The molecule has 0 aromatic rings. The molecule has 17 heavy (non-hydrogen) atoms. The zero-order chi connectivity index (χ0) is 13.3. The van der Waals surface area contributed by atoms with Crippen molar-refractivity contribution in [2.45, 2.75) is 46.3 Å². The van der Waals surface area contributed by atoms with E-state index < -0.39 is 0 Å². The summed E-state index contributed by atoms with van der Waals surface area (Å²) in [5, 5.41) is 9.20. The second-order valence-electron chi connectivity index (χ2n) is 6.52. The Labute approximate surface area is 104 Å². The second kappa shape index (κ2) is 5.04. The first-order valence-corrected chi connectivity index (χ1v) is 6.18. The van der Waals surface area contributed by atoms with Crippen LogP contribution in [-0.4, -0.2) is 53.7 Å². The Morgan fingerprint density at radius 3 is 2.53 bits per heavy atom. The molecule has 100 valence electrons. The Morgan fingerprint density at radius 1 is 1.47 bits per heavy atom. The number of Topliss-reactive ketones (excluding diaryl/α,β-unsaturated/α-hetero) is 1. The van der Waals surface area contributed by atoms with Gasteiger partial charge in [-0.15, -0.1) is 0 Å². The molecule has 0 aliphatic carbocycles. The molecule has 0 spiro atoms. The van der Waals surface area contributed by atoms with Crippen LogP contribution < -0.4 is 0 Å². The van der Waals surface area contributed by atoms with Crippen molar-refractivity contribution >= 4 is 5.78 Å². The molecule has 1 rings (SSSR count). The lowest BCUT2D eigenvalue weighted by molar-refractivity contribution is -0.154. The van der Waals surface area contributed by atoms with Gasteiger partial charge in [-0.05, 0) is 13.8 Å². The lowest BCUT2D eigenvalue weighted by Crippen LogP contribution is -2.55. The molecule has 1 aliphatic rings. The van der Waals surface area contributed by atoms with Crippen LogP contribution in [0.2, 0.25) is 0 Å². The number of aliphatic hydroxyl groups is 1. The maximum atomic E-state index is 12.0. The SMILES string of the molecule is CC1(C)CN(CC(=O)C(C)(C)C)CC(CO)O1. The molecule has 0 radical (unpaired) electrons. The summed E-state index contributed by atoms with van der Waals surface area (Å²) in [7, 11) is 0. The summed E-state index contributed by atoms with van der Waals surface area (Å²) < 4.78 is 5.72. The maximum absolute atomic E-state index is 12.0. The number of ether oxygens (including phenoxy) is 1. The minimum absolute atomic E-state index is 0.00361. The zero-order valence-corrected chi connectivity index (χ0v) is 11.6. The van der Waals surface area contributed by atoms with Gasteiger partial charge in [-0.2, -0.15) is 0 Å². The van der Waals surface area contributed by atoms with Crippen molar-refractivity contribution < 1.29 is 14.6 Å². The second-order valence-corrected chi connectivity index (χ2v) is 6.52. The lowest BCUT2D eigenvalue weighted by atomic mass is 9.90. The van der Waals surface area contributed by atoms with Gasteiger partial charge in [0.15, 0.2) is 5.78 Å².